The van der Waals surface area contributed by atoms with Crippen LogP contribution >= 0.6 is 0 Å². The minimum absolute atomic E-state index is 0.00824. The van der Waals surface area contributed by atoms with Gasteiger partial charge in [0.1, 0.15) is 12.3 Å². The molecule has 0 saturated heterocycles. The Kier molecular flexibility index (Phi) is 11.1. The highest BCUT2D eigenvalue weighted by Gasteiger charge is 2.35. The van der Waals surface area contributed by atoms with Crippen molar-refractivity contribution in [1.82, 2.24) is 14.9 Å². The van der Waals surface area contributed by atoms with Gasteiger partial charge in [0.05, 0.1) is 40.3 Å². The van der Waals surface area contributed by atoms with Gasteiger partial charge in [-0.25, -0.2) is 9.98 Å². The fraction of sp³-hybridized carbons (Fsp3) is 0.286. The molecule has 1 aliphatic heterocycles. The van der Waals surface area contributed by atoms with E-state index in [9.17, 15) is 35.5 Å². The van der Waals surface area contributed by atoms with Crippen molar-refractivity contribution in [3.05, 3.63) is 77.6 Å². The standard InChI is InChI=1S/C35H36N8O9S2/c1-6-52-29(44)20-42(15-7-14-36)25-12-13-28(21(2)16-25)38-30-31(35(3,4)5)40-43-33(30)39-32(41-43)22-8-10-24(11-9-22)37-34(45)23-17-26(53(46,47)48)19-27(18-23)54(49,50)51/h8-13,16-19H,6-7,15,20H2,1-5H3,(H,37,45)(H,46,47,48)(H,49,50,51)/b38-30-. The summed E-state index contributed by atoms with van der Waals surface area (Å²) in [5, 5.41) is 20.9. The van der Waals surface area contributed by atoms with Crippen LogP contribution < -0.4 is 10.2 Å². The van der Waals surface area contributed by atoms with Gasteiger partial charge in [0.15, 0.2) is 5.82 Å². The number of nitriles is 1. The largest absolute Gasteiger partial charge is 0.465 e. The molecule has 54 heavy (non-hydrogen) atoms. The second kappa shape index (κ2) is 15.3. The third kappa shape index (κ3) is 9.03. The van der Waals surface area contributed by atoms with Gasteiger partial charge in [0.25, 0.3) is 26.1 Å². The number of carbonyl (C=O) groups is 2. The predicted octanol–water partition coefficient (Wildman–Crippen LogP) is 4.67. The summed E-state index contributed by atoms with van der Waals surface area (Å²) < 4.78 is 70.6. The van der Waals surface area contributed by atoms with E-state index in [0.29, 0.717) is 46.9 Å². The van der Waals surface area contributed by atoms with E-state index in [1.165, 1.54) is 16.9 Å². The number of aryl methyl sites for hydroxylation is 1. The van der Waals surface area contributed by atoms with E-state index in [1.54, 1.807) is 24.0 Å². The van der Waals surface area contributed by atoms with Gasteiger partial charge in [0, 0.05) is 34.5 Å². The fourth-order valence-electron chi connectivity index (χ4n) is 5.34. The molecule has 0 bridgehead atoms. The van der Waals surface area contributed by atoms with Gasteiger partial charge in [-0.15, -0.1) is 9.89 Å². The molecule has 5 rings (SSSR count). The number of aromatic nitrogens is 3. The maximum Gasteiger partial charge on any atom is 0.325 e. The summed E-state index contributed by atoms with van der Waals surface area (Å²) in [5.41, 5.74) is 3.21. The van der Waals surface area contributed by atoms with E-state index in [1.807, 2.05) is 45.9 Å². The molecular weight excluding hydrogens is 741 g/mol. The van der Waals surface area contributed by atoms with E-state index in [4.69, 9.17) is 25.1 Å². The first-order valence-electron chi connectivity index (χ1n) is 16.3. The summed E-state index contributed by atoms with van der Waals surface area (Å²) in [6.45, 7) is 10.2. The number of hydrogen-bond acceptors (Lipinski definition) is 13. The molecule has 17 nitrogen and oxygen atoms in total. The van der Waals surface area contributed by atoms with Crippen molar-refractivity contribution in [2.75, 3.05) is 29.9 Å². The van der Waals surface area contributed by atoms with Crippen molar-refractivity contribution < 1.29 is 40.3 Å². The zero-order chi connectivity index (χ0) is 39.6. The van der Waals surface area contributed by atoms with Crippen LogP contribution in [0, 0.1) is 23.7 Å². The lowest BCUT2D eigenvalue weighted by molar-refractivity contribution is -0.141. The van der Waals surface area contributed by atoms with Crippen LogP contribution in [-0.4, -0.2) is 83.8 Å². The van der Waals surface area contributed by atoms with Gasteiger partial charge in [-0.1, -0.05) is 20.8 Å². The third-order valence-electron chi connectivity index (χ3n) is 7.97. The molecule has 0 atom stereocenters. The van der Waals surface area contributed by atoms with E-state index in [0.717, 1.165) is 23.4 Å². The topological polar surface area (TPSA) is 247 Å². The van der Waals surface area contributed by atoms with Crippen molar-refractivity contribution in [3.63, 3.8) is 0 Å². The average Bonchev–Trinajstić information content (AvgIpc) is 3.66. The number of fused-ring (bicyclic) bond motifs is 1. The molecule has 1 aromatic heterocycles. The Labute approximate surface area is 311 Å². The summed E-state index contributed by atoms with van der Waals surface area (Å²) in [7, 11) is -9.83. The van der Waals surface area contributed by atoms with Crippen LogP contribution in [0.3, 0.4) is 0 Å². The lowest BCUT2D eigenvalue weighted by atomic mass is 9.87. The minimum atomic E-state index is -4.91. The maximum atomic E-state index is 13.0. The smallest absolute Gasteiger partial charge is 0.325 e. The number of benzene rings is 3. The Bertz CT molecular complexity index is 2410. The van der Waals surface area contributed by atoms with Crippen LogP contribution in [-0.2, 0) is 29.8 Å². The third-order valence-corrected chi connectivity index (χ3v) is 9.63. The van der Waals surface area contributed by atoms with Gasteiger partial charge >= 0.3 is 5.97 Å². The summed E-state index contributed by atoms with van der Waals surface area (Å²) >= 11 is 0. The van der Waals surface area contributed by atoms with Crippen molar-refractivity contribution in [3.8, 4) is 17.5 Å². The Hall–Kier alpha value is -5.81. The average molecular weight is 777 g/mol. The number of carbonyl (C=O) groups excluding carboxylic acids is 2. The number of amides is 1. The van der Waals surface area contributed by atoms with Crippen LogP contribution in [0.15, 0.2) is 80.5 Å². The van der Waals surface area contributed by atoms with E-state index in [-0.39, 0.29) is 25.3 Å². The molecule has 1 aliphatic rings. The van der Waals surface area contributed by atoms with Crippen molar-refractivity contribution >= 4 is 60.6 Å². The lowest BCUT2D eigenvalue weighted by Gasteiger charge is -2.23. The van der Waals surface area contributed by atoms with Gasteiger partial charge in [-0.2, -0.15) is 27.2 Å². The number of nitrogens with one attached hydrogen (secondary N) is 1. The van der Waals surface area contributed by atoms with E-state index >= 15 is 0 Å². The molecule has 0 unspecified atom stereocenters. The Balaban J connectivity index is 1.42. The number of esters is 1. The first kappa shape index (κ1) is 39.4. The summed E-state index contributed by atoms with van der Waals surface area (Å²) in [4.78, 5) is 36.3. The molecule has 1 amide bonds. The minimum Gasteiger partial charge on any atom is -0.465 e. The molecule has 3 N–H and O–H groups in total. The molecule has 2 heterocycles. The summed E-state index contributed by atoms with van der Waals surface area (Å²) in [6.07, 6.45) is 0.220. The number of ether oxygens (including phenoxy) is 1. The summed E-state index contributed by atoms with van der Waals surface area (Å²) in [5.74, 6) is -0.628. The van der Waals surface area contributed by atoms with Crippen LogP contribution in [0.1, 0.15) is 55.9 Å². The molecular formula is C35H36N8O9S2. The zero-order valence-corrected chi connectivity index (χ0v) is 31.4. The predicted molar refractivity (Wildman–Crippen MR) is 198 cm³/mol. The molecule has 3 aromatic carbocycles. The molecule has 19 heteroatoms. The first-order valence-corrected chi connectivity index (χ1v) is 19.2. The zero-order valence-electron chi connectivity index (χ0n) is 29.8. The normalized spacial score (nSPS) is 13.6. The Morgan fingerprint density at radius 3 is 2.20 bits per heavy atom. The Morgan fingerprint density at radius 2 is 1.65 bits per heavy atom. The number of anilines is 2. The highest BCUT2D eigenvalue weighted by atomic mass is 32.2. The molecule has 0 spiro atoms. The maximum absolute atomic E-state index is 13.0. The van der Waals surface area contributed by atoms with Gasteiger partial charge in [-0.05, 0) is 80.1 Å². The van der Waals surface area contributed by atoms with Crippen LogP contribution in [0.5, 0.6) is 0 Å². The van der Waals surface area contributed by atoms with Gasteiger partial charge < -0.3 is 15.0 Å². The van der Waals surface area contributed by atoms with Crippen LogP contribution in [0.2, 0.25) is 0 Å². The van der Waals surface area contributed by atoms with Crippen molar-refractivity contribution in [2.24, 2.45) is 15.5 Å². The second-order valence-electron chi connectivity index (χ2n) is 13.1. The molecule has 0 fully saturated rings. The second-order valence-corrected chi connectivity index (χ2v) is 15.9. The number of nitrogens with zero attached hydrogens (tertiary/aromatic N) is 7. The van der Waals surface area contributed by atoms with Crippen LogP contribution in [0.25, 0.3) is 11.4 Å². The fourth-order valence-corrected chi connectivity index (χ4v) is 6.51. The first-order chi connectivity index (χ1) is 25.3. The van der Waals surface area contributed by atoms with Gasteiger partial charge in [0.2, 0.25) is 5.82 Å². The SMILES string of the molecule is CCOC(=O)CN(CCC#N)c1ccc(/N=C2/C(C(C)(C)C)=Nn3nc(-c4ccc(NC(=O)c5cc(S(=O)(=O)O)cc(S(=O)(=O)O)c5)cc4)nc32)c(C)c1. The highest BCUT2D eigenvalue weighted by molar-refractivity contribution is 7.86. The molecule has 4 aromatic rings. The molecule has 282 valence electrons. The monoisotopic (exact) mass is 776 g/mol. The number of rotatable bonds is 12. The van der Waals surface area contributed by atoms with Crippen LogP contribution in [0.4, 0.5) is 17.1 Å². The number of hydrogen-bond donors (Lipinski definition) is 3. The van der Waals surface area contributed by atoms with Crippen molar-refractivity contribution in [2.45, 2.75) is 50.8 Å². The highest BCUT2D eigenvalue weighted by Crippen LogP contribution is 2.31. The molecule has 0 radical (unpaired) electrons. The van der Waals surface area contributed by atoms with Gasteiger partial charge in [-0.3, -0.25) is 18.7 Å². The van der Waals surface area contributed by atoms with E-state index < -0.39 is 52.9 Å². The summed E-state index contributed by atoms with van der Waals surface area (Å²) in [6, 6.07) is 15.9. The molecule has 0 saturated carbocycles. The van der Waals surface area contributed by atoms with Crippen molar-refractivity contribution in [1.29, 1.82) is 5.26 Å². The molecule has 0 aliphatic carbocycles. The Morgan fingerprint density at radius 1 is 1.00 bits per heavy atom. The quantitative estimate of drug-likeness (QED) is 0.131. The number of aliphatic imine (C=N–C) groups is 1. The van der Waals surface area contributed by atoms with E-state index in [2.05, 4.69) is 16.5 Å². The lowest BCUT2D eigenvalue weighted by Crippen LogP contribution is -2.31.